The first kappa shape index (κ1) is 31.7. The lowest BCUT2D eigenvalue weighted by Crippen LogP contribution is -2.53. The van der Waals surface area contributed by atoms with Gasteiger partial charge in [0.15, 0.2) is 0 Å². The normalized spacial score (nSPS) is 11.9. The Morgan fingerprint density at radius 2 is 1.49 bits per heavy atom. The maximum Gasteiger partial charge on any atom is 0.264 e. The van der Waals surface area contributed by atoms with Crippen molar-refractivity contribution in [3.63, 3.8) is 0 Å². The molecule has 1 atom stereocenters. The smallest absolute Gasteiger partial charge is 0.264 e. The number of halogens is 2. The maximum absolute atomic E-state index is 14.3. The van der Waals surface area contributed by atoms with Crippen LogP contribution in [0, 0.1) is 12.7 Å². The van der Waals surface area contributed by atoms with Gasteiger partial charge >= 0.3 is 0 Å². The zero-order valence-corrected chi connectivity index (χ0v) is 25.5. The first-order chi connectivity index (χ1) is 20.6. The van der Waals surface area contributed by atoms with Crippen molar-refractivity contribution < 1.29 is 22.4 Å². The molecule has 0 heterocycles. The number of rotatable bonds is 12. The average molecular weight is 622 g/mol. The van der Waals surface area contributed by atoms with Gasteiger partial charge in [0.25, 0.3) is 10.0 Å². The van der Waals surface area contributed by atoms with Crippen LogP contribution in [0.2, 0.25) is 5.02 Å². The highest BCUT2D eigenvalue weighted by Crippen LogP contribution is 2.28. The quantitative estimate of drug-likeness (QED) is 0.218. The number of carbonyl (C=O) groups is 2. The van der Waals surface area contributed by atoms with E-state index in [9.17, 15) is 22.4 Å². The van der Waals surface area contributed by atoms with E-state index >= 15 is 0 Å². The lowest BCUT2D eigenvalue weighted by atomic mass is 10.0. The van der Waals surface area contributed by atoms with Crippen LogP contribution >= 0.6 is 11.6 Å². The second kappa shape index (κ2) is 14.3. The van der Waals surface area contributed by atoms with Gasteiger partial charge in [-0.2, -0.15) is 0 Å². The number of aryl methyl sites for hydroxylation is 1. The number of nitrogens with one attached hydrogen (secondary N) is 1. The van der Waals surface area contributed by atoms with Gasteiger partial charge in [-0.15, -0.1) is 0 Å². The van der Waals surface area contributed by atoms with Crippen LogP contribution in [-0.4, -0.2) is 44.3 Å². The third kappa shape index (κ3) is 8.00. The Kier molecular flexibility index (Phi) is 10.6. The van der Waals surface area contributed by atoms with E-state index in [1.54, 1.807) is 38.1 Å². The number of anilines is 1. The van der Waals surface area contributed by atoms with Crippen molar-refractivity contribution >= 4 is 39.1 Å². The van der Waals surface area contributed by atoms with E-state index < -0.39 is 34.3 Å². The monoisotopic (exact) mass is 621 g/mol. The van der Waals surface area contributed by atoms with Gasteiger partial charge in [-0.05, 0) is 73.0 Å². The minimum Gasteiger partial charge on any atom is -0.355 e. The SMILES string of the molecule is CCNC(=O)[C@H](Cc1ccccc1)N(Cc1ccc(F)cc1)C(=O)CN(c1ccccc1C)S(=O)(=O)c1ccc(Cl)cc1. The average Bonchev–Trinajstić information content (AvgIpc) is 3.00. The van der Waals surface area contributed by atoms with E-state index in [2.05, 4.69) is 5.32 Å². The van der Waals surface area contributed by atoms with Crippen LogP contribution in [0.1, 0.15) is 23.6 Å². The van der Waals surface area contributed by atoms with Crippen LogP contribution in [-0.2, 0) is 32.6 Å². The Labute approximate surface area is 257 Å². The highest BCUT2D eigenvalue weighted by molar-refractivity contribution is 7.92. The van der Waals surface area contributed by atoms with Crippen molar-refractivity contribution in [1.29, 1.82) is 0 Å². The largest absolute Gasteiger partial charge is 0.355 e. The van der Waals surface area contributed by atoms with Crippen molar-refractivity contribution in [3.8, 4) is 0 Å². The molecule has 0 fully saturated rings. The minimum absolute atomic E-state index is 0.0393. The molecule has 0 aliphatic carbocycles. The molecule has 7 nitrogen and oxygen atoms in total. The topological polar surface area (TPSA) is 86.8 Å². The second-order valence-corrected chi connectivity index (χ2v) is 12.3. The molecule has 1 N–H and O–H groups in total. The molecule has 10 heteroatoms. The molecule has 0 aliphatic rings. The summed E-state index contributed by atoms with van der Waals surface area (Å²) in [5.74, 6) is -1.42. The summed E-state index contributed by atoms with van der Waals surface area (Å²) in [7, 11) is -4.24. The van der Waals surface area contributed by atoms with Crippen molar-refractivity contribution in [2.24, 2.45) is 0 Å². The number of nitrogens with zero attached hydrogens (tertiary/aromatic N) is 2. The summed E-state index contributed by atoms with van der Waals surface area (Å²) < 4.78 is 42.9. The maximum atomic E-state index is 14.3. The molecule has 0 unspecified atom stereocenters. The molecule has 4 aromatic carbocycles. The van der Waals surface area contributed by atoms with Crippen LogP contribution in [0.3, 0.4) is 0 Å². The highest BCUT2D eigenvalue weighted by atomic mass is 35.5. The number of amides is 2. The fraction of sp³-hybridized carbons (Fsp3) is 0.212. The van der Waals surface area contributed by atoms with Crippen LogP contribution in [0.15, 0.2) is 108 Å². The van der Waals surface area contributed by atoms with Crippen molar-refractivity contribution in [2.75, 3.05) is 17.4 Å². The molecule has 0 saturated carbocycles. The van der Waals surface area contributed by atoms with Crippen LogP contribution < -0.4 is 9.62 Å². The molecule has 0 aromatic heterocycles. The van der Waals surface area contributed by atoms with Gasteiger partial charge in [-0.3, -0.25) is 13.9 Å². The van der Waals surface area contributed by atoms with Gasteiger partial charge in [0.05, 0.1) is 10.6 Å². The Balaban J connectivity index is 1.80. The summed E-state index contributed by atoms with van der Waals surface area (Å²) >= 11 is 6.02. The second-order valence-electron chi connectivity index (χ2n) is 10.0. The third-order valence-electron chi connectivity index (χ3n) is 6.95. The zero-order chi connectivity index (χ0) is 31.0. The van der Waals surface area contributed by atoms with Gasteiger partial charge < -0.3 is 10.2 Å². The van der Waals surface area contributed by atoms with Gasteiger partial charge in [-0.25, -0.2) is 12.8 Å². The molecule has 0 aliphatic heterocycles. The third-order valence-corrected chi connectivity index (χ3v) is 8.98. The van der Waals surface area contributed by atoms with E-state index in [1.807, 2.05) is 30.3 Å². The molecule has 0 bridgehead atoms. The van der Waals surface area contributed by atoms with Crippen LogP contribution in [0.4, 0.5) is 10.1 Å². The summed E-state index contributed by atoms with van der Waals surface area (Å²) in [5.41, 5.74) is 2.37. The van der Waals surface area contributed by atoms with Crippen LogP contribution in [0.25, 0.3) is 0 Å². The first-order valence-electron chi connectivity index (χ1n) is 13.8. The molecule has 43 heavy (non-hydrogen) atoms. The van der Waals surface area contributed by atoms with E-state index in [1.165, 1.54) is 53.4 Å². The van der Waals surface area contributed by atoms with Crippen LogP contribution in [0.5, 0.6) is 0 Å². The van der Waals surface area contributed by atoms with E-state index in [0.717, 1.165) is 9.87 Å². The predicted octanol–water partition coefficient (Wildman–Crippen LogP) is 5.76. The summed E-state index contributed by atoms with van der Waals surface area (Å²) in [6, 6.07) is 26.5. The zero-order valence-electron chi connectivity index (χ0n) is 23.9. The van der Waals surface area contributed by atoms with Crippen molar-refractivity contribution in [3.05, 3.63) is 131 Å². The van der Waals surface area contributed by atoms with E-state index in [4.69, 9.17) is 11.6 Å². The molecule has 2 amide bonds. The number of hydrogen-bond acceptors (Lipinski definition) is 4. The van der Waals surface area contributed by atoms with E-state index in [0.29, 0.717) is 28.4 Å². The Morgan fingerprint density at radius 1 is 0.860 bits per heavy atom. The first-order valence-corrected chi connectivity index (χ1v) is 15.6. The number of hydrogen-bond donors (Lipinski definition) is 1. The molecule has 0 spiro atoms. The molecular formula is C33H33ClFN3O4S. The number of sulfonamides is 1. The standard InChI is InChI=1S/C33H33ClFN3O4S/c1-3-36-33(40)31(21-25-10-5-4-6-11-25)37(22-26-13-17-28(35)18-14-26)32(39)23-38(30-12-8-7-9-24(30)2)43(41,42)29-19-15-27(34)16-20-29/h4-20,31H,3,21-23H2,1-2H3,(H,36,40)/t31-/m0/s1. The molecule has 0 radical (unpaired) electrons. The number of para-hydroxylation sites is 1. The lowest BCUT2D eigenvalue weighted by Gasteiger charge is -2.34. The fourth-order valence-corrected chi connectivity index (χ4v) is 6.33. The summed E-state index contributed by atoms with van der Waals surface area (Å²) in [4.78, 5) is 29.1. The van der Waals surface area contributed by atoms with Gasteiger partial charge in [0, 0.05) is 24.5 Å². The van der Waals surface area contributed by atoms with Crippen molar-refractivity contribution in [2.45, 2.75) is 37.8 Å². The lowest BCUT2D eigenvalue weighted by molar-refractivity contribution is -0.140. The molecule has 0 saturated heterocycles. The fourth-order valence-electron chi connectivity index (χ4n) is 4.72. The Hall–Kier alpha value is -4.21. The Morgan fingerprint density at radius 3 is 2.12 bits per heavy atom. The number of carbonyl (C=O) groups excluding carboxylic acids is 2. The molecule has 224 valence electrons. The van der Waals surface area contributed by atoms with E-state index in [-0.39, 0.29) is 23.8 Å². The highest BCUT2D eigenvalue weighted by Gasteiger charge is 2.34. The van der Waals surface area contributed by atoms with Gasteiger partial charge in [-0.1, -0.05) is 72.3 Å². The minimum atomic E-state index is -4.24. The molecular weight excluding hydrogens is 589 g/mol. The van der Waals surface area contributed by atoms with Gasteiger partial charge in [0.1, 0.15) is 18.4 Å². The van der Waals surface area contributed by atoms with Gasteiger partial charge in [0.2, 0.25) is 11.8 Å². The summed E-state index contributed by atoms with van der Waals surface area (Å²) in [5, 5.41) is 3.18. The summed E-state index contributed by atoms with van der Waals surface area (Å²) in [6.07, 6.45) is 0.188. The van der Waals surface area contributed by atoms with Crippen molar-refractivity contribution in [1.82, 2.24) is 10.2 Å². The molecule has 4 aromatic rings. The Bertz CT molecular complexity index is 1650. The summed E-state index contributed by atoms with van der Waals surface area (Å²) in [6.45, 7) is 3.25. The number of benzene rings is 4. The predicted molar refractivity (Wildman–Crippen MR) is 167 cm³/mol. The molecule has 4 rings (SSSR count). The number of likely N-dealkylation sites (N-methyl/N-ethyl adjacent to an activating group) is 1.